The summed E-state index contributed by atoms with van der Waals surface area (Å²) in [6.07, 6.45) is 9.83. The summed E-state index contributed by atoms with van der Waals surface area (Å²) in [6.45, 7) is 0.720. The lowest BCUT2D eigenvalue weighted by molar-refractivity contribution is -0.140. The molecule has 2 aliphatic carbocycles. The highest BCUT2D eigenvalue weighted by atomic mass is 16.5. The summed E-state index contributed by atoms with van der Waals surface area (Å²) >= 11 is 0. The Bertz CT molecular complexity index is 364. The topological polar surface area (TPSA) is 55.4 Å². The summed E-state index contributed by atoms with van der Waals surface area (Å²) in [4.78, 5) is 22.9. The molecule has 2 aliphatic rings. The fourth-order valence-electron chi connectivity index (χ4n) is 3.10. The summed E-state index contributed by atoms with van der Waals surface area (Å²) in [5.41, 5.74) is 0. The van der Waals surface area contributed by atoms with Crippen LogP contribution in [0.3, 0.4) is 0 Å². The molecule has 1 amide bonds. The van der Waals surface area contributed by atoms with E-state index in [0.29, 0.717) is 18.3 Å². The van der Waals surface area contributed by atoms with Crippen LogP contribution in [0.1, 0.15) is 38.5 Å². The maximum atomic E-state index is 12.0. The van der Waals surface area contributed by atoms with Crippen LogP contribution in [0.4, 0.5) is 0 Å². The number of methoxy groups -OCH3 is 1. The molecule has 0 aromatic rings. The number of carbonyl (C=O) groups is 2. The second-order valence-corrected chi connectivity index (χ2v) is 5.56. The number of fused-ring (bicyclic) bond motifs is 2. The van der Waals surface area contributed by atoms with Crippen molar-refractivity contribution in [3.8, 4) is 0 Å². The molecule has 106 valence electrons. The lowest BCUT2D eigenvalue weighted by Gasteiger charge is -2.17. The van der Waals surface area contributed by atoms with Crippen LogP contribution in [-0.4, -0.2) is 25.5 Å². The highest BCUT2D eigenvalue weighted by Crippen LogP contribution is 2.43. The van der Waals surface area contributed by atoms with Crippen LogP contribution in [-0.2, 0) is 14.3 Å². The summed E-state index contributed by atoms with van der Waals surface area (Å²) in [5, 5.41) is 3.02. The molecule has 0 spiro atoms. The number of ether oxygens (including phenoxy) is 1. The van der Waals surface area contributed by atoms with Gasteiger partial charge in [0, 0.05) is 18.9 Å². The van der Waals surface area contributed by atoms with Gasteiger partial charge < -0.3 is 10.1 Å². The maximum Gasteiger partial charge on any atom is 0.305 e. The molecule has 2 bridgehead atoms. The van der Waals surface area contributed by atoms with E-state index in [1.165, 1.54) is 7.11 Å². The van der Waals surface area contributed by atoms with Crippen molar-refractivity contribution < 1.29 is 14.3 Å². The SMILES string of the molecule is COC(=O)CCCCCNC(=O)C1CC2C=CC1C2. The molecule has 1 N–H and O–H groups in total. The molecule has 4 nitrogen and oxygen atoms in total. The molecule has 0 saturated heterocycles. The molecular weight excluding hydrogens is 242 g/mol. The van der Waals surface area contributed by atoms with Crippen LogP contribution in [0.25, 0.3) is 0 Å². The van der Waals surface area contributed by atoms with Gasteiger partial charge in [-0.3, -0.25) is 9.59 Å². The number of hydrogen-bond acceptors (Lipinski definition) is 3. The highest BCUT2D eigenvalue weighted by Gasteiger charge is 2.39. The van der Waals surface area contributed by atoms with Crippen molar-refractivity contribution in [2.24, 2.45) is 17.8 Å². The summed E-state index contributed by atoms with van der Waals surface area (Å²) < 4.78 is 4.58. The summed E-state index contributed by atoms with van der Waals surface area (Å²) in [6, 6.07) is 0. The Balaban J connectivity index is 1.53. The molecule has 2 rings (SSSR count). The van der Waals surface area contributed by atoms with Crippen molar-refractivity contribution in [3.63, 3.8) is 0 Å². The first kappa shape index (κ1) is 14.1. The minimum atomic E-state index is -0.155. The molecular formula is C15H23NO3. The third-order valence-electron chi connectivity index (χ3n) is 4.20. The normalized spacial score (nSPS) is 27.5. The van der Waals surface area contributed by atoms with Gasteiger partial charge in [-0.05, 0) is 37.5 Å². The second kappa shape index (κ2) is 6.73. The van der Waals surface area contributed by atoms with Crippen molar-refractivity contribution in [2.45, 2.75) is 38.5 Å². The Kier molecular flexibility index (Phi) is 5.00. The molecule has 4 heteroatoms. The van der Waals surface area contributed by atoms with Crippen molar-refractivity contribution in [3.05, 3.63) is 12.2 Å². The van der Waals surface area contributed by atoms with E-state index < -0.39 is 0 Å². The van der Waals surface area contributed by atoms with E-state index in [9.17, 15) is 9.59 Å². The van der Waals surface area contributed by atoms with Gasteiger partial charge in [-0.1, -0.05) is 18.6 Å². The van der Waals surface area contributed by atoms with E-state index in [1.54, 1.807) is 0 Å². The van der Waals surface area contributed by atoms with Crippen LogP contribution in [0.5, 0.6) is 0 Å². The Hall–Kier alpha value is -1.32. The molecule has 0 aliphatic heterocycles. The molecule has 0 radical (unpaired) electrons. The standard InChI is InChI=1S/C15H23NO3/c1-19-14(17)5-3-2-4-8-16-15(18)13-10-11-6-7-12(13)9-11/h6-7,11-13H,2-5,8-10H2,1H3,(H,16,18). The van der Waals surface area contributed by atoms with E-state index >= 15 is 0 Å². The van der Waals surface area contributed by atoms with Gasteiger partial charge >= 0.3 is 5.97 Å². The number of allylic oxidation sites excluding steroid dienone is 2. The number of amides is 1. The minimum absolute atomic E-state index is 0.155. The van der Waals surface area contributed by atoms with Crippen LogP contribution >= 0.6 is 0 Å². The number of rotatable bonds is 7. The first-order valence-electron chi connectivity index (χ1n) is 7.23. The minimum Gasteiger partial charge on any atom is -0.469 e. The predicted molar refractivity (Wildman–Crippen MR) is 72.3 cm³/mol. The predicted octanol–water partition coefficient (Wildman–Crippen LogP) is 2.05. The number of esters is 1. The lowest BCUT2D eigenvalue weighted by atomic mass is 9.93. The van der Waals surface area contributed by atoms with Gasteiger partial charge in [-0.2, -0.15) is 0 Å². The molecule has 19 heavy (non-hydrogen) atoms. The first-order chi connectivity index (χ1) is 9.20. The smallest absolute Gasteiger partial charge is 0.305 e. The average molecular weight is 265 g/mol. The largest absolute Gasteiger partial charge is 0.469 e. The zero-order valence-electron chi connectivity index (χ0n) is 11.6. The Morgan fingerprint density at radius 2 is 2.05 bits per heavy atom. The highest BCUT2D eigenvalue weighted by molar-refractivity contribution is 5.79. The Morgan fingerprint density at radius 1 is 1.21 bits per heavy atom. The Labute approximate surface area is 114 Å². The van der Waals surface area contributed by atoms with Gasteiger partial charge in [-0.25, -0.2) is 0 Å². The molecule has 3 atom stereocenters. The van der Waals surface area contributed by atoms with Crippen molar-refractivity contribution >= 4 is 11.9 Å². The van der Waals surface area contributed by atoms with Crippen molar-refractivity contribution in [1.29, 1.82) is 0 Å². The van der Waals surface area contributed by atoms with Gasteiger partial charge in [0.05, 0.1) is 7.11 Å². The lowest BCUT2D eigenvalue weighted by Crippen LogP contribution is -2.33. The van der Waals surface area contributed by atoms with E-state index in [4.69, 9.17) is 0 Å². The summed E-state index contributed by atoms with van der Waals surface area (Å²) in [7, 11) is 1.41. The molecule has 1 saturated carbocycles. The third kappa shape index (κ3) is 3.82. The molecule has 0 aromatic carbocycles. The number of carbonyl (C=O) groups excluding carboxylic acids is 2. The number of nitrogens with one attached hydrogen (secondary N) is 1. The third-order valence-corrected chi connectivity index (χ3v) is 4.20. The zero-order chi connectivity index (χ0) is 13.7. The summed E-state index contributed by atoms with van der Waals surface area (Å²) in [5.74, 6) is 1.37. The van der Waals surface area contributed by atoms with Gasteiger partial charge in [0.25, 0.3) is 0 Å². The first-order valence-corrected chi connectivity index (χ1v) is 7.23. The van der Waals surface area contributed by atoms with E-state index in [-0.39, 0.29) is 17.8 Å². The van der Waals surface area contributed by atoms with Gasteiger partial charge in [0.15, 0.2) is 0 Å². The van der Waals surface area contributed by atoms with Crippen molar-refractivity contribution in [2.75, 3.05) is 13.7 Å². The molecule has 3 unspecified atom stereocenters. The van der Waals surface area contributed by atoms with E-state index in [2.05, 4.69) is 22.2 Å². The molecule has 1 fully saturated rings. The molecule has 0 heterocycles. The fourth-order valence-corrected chi connectivity index (χ4v) is 3.10. The van der Waals surface area contributed by atoms with E-state index in [1.807, 2.05) is 0 Å². The Morgan fingerprint density at radius 3 is 2.68 bits per heavy atom. The fraction of sp³-hybridized carbons (Fsp3) is 0.733. The average Bonchev–Trinajstić information content (AvgIpc) is 3.04. The van der Waals surface area contributed by atoms with Crippen LogP contribution < -0.4 is 5.32 Å². The quantitative estimate of drug-likeness (QED) is 0.435. The van der Waals surface area contributed by atoms with Gasteiger partial charge in [0.1, 0.15) is 0 Å². The van der Waals surface area contributed by atoms with Crippen LogP contribution in [0.2, 0.25) is 0 Å². The monoisotopic (exact) mass is 265 g/mol. The van der Waals surface area contributed by atoms with Crippen LogP contribution in [0, 0.1) is 17.8 Å². The van der Waals surface area contributed by atoms with Gasteiger partial charge in [0.2, 0.25) is 5.91 Å². The van der Waals surface area contributed by atoms with Crippen LogP contribution in [0.15, 0.2) is 12.2 Å². The second-order valence-electron chi connectivity index (χ2n) is 5.56. The zero-order valence-corrected chi connectivity index (χ0v) is 11.6. The number of unbranched alkanes of at least 4 members (excludes halogenated alkanes) is 2. The van der Waals surface area contributed by atoms with E-state index in [0.717, 1.165) is 38.6 Å². The van der Waals surface area contributed by atoms with Gasteiger partial charge in [-0.15, -0.1) is 0 Å². The molecule has 0 aromatic heterocycles. The number of hydrogen-bond donors (Lipinski definition) is 1. The maximum absolute atomic E-state index is 12.0. The van der Waals surface area contributed by atoms with Crippen molar-refractivity contribution in [1.82, 2.24) is 5.32 Å².